The molecule has 1 aliphatic heterocycles. The van der Waals surface area contributed by atoms with Crippen LogP contribution in [0.2, 0.25) is 5.02 Å². The van der Waals surface area contributed by atoms with Crippen molar-refractivity contribution in [2.24, 2.45) is 0 Å². The Balaban J connectivity index is 2.00. The first-order chi connectivity index (χ1) is 8.75. The molecule has 0 saturated carbocycles. The van der Waals surface area contributed by atoms with E-state index in [4.69, 9.17) is 16.6 Å². The van der Waals surface area contributed by atoms with E-state index >= 15 is 0 Å². The monoisotopic (exact) mass is 261 g/mol. The molecule has 1 saturated heterocycles. The molecule has 2 aromatic rings. The Labute approximate surface area is 112 Å². The first kappa shape index (κ1) is 11.8. The van der Waals surface area contributed by atoms with Gasteiger partial charge in [-0.2, -0.15) is 0 Å². The molecule has 0 aliphatic carbocycles. The van der Waals surface area contributed by atoms with Gasteiger partial charge in [-0.1, -0.05) is 29.8 Å². The van der Waals surface area contributed by atoms with Gasteiger partial charge in [0.1, 0.15) is 5.82 Å². The summed E-state index contributed by atoms with van der Waals surface area (Å²) in [4.78, 5) is 8.10. The predicted octanol–water partition coefficient (Wildman–Crippen LogP) is 3.46. The molecule has 2 N–H and O–H groups in total. The van der Waals surface area contributed by atoms with E-state index in [1.807, 2.05) is 31.2 Å². The van der Waals surface area contributed by atoms with Crippen molar-refractivity contribution in [2.75, 3.05) is 6.54 Å². The molecular formula is C14H16ClN3. The quantitative estimate of drug-likeness (QED) is 0.869. The Bertz CT molecular complexity index is 556. The van der Waals surface area contributed by atoms with Gasteiger partial charge in [-0.05, 0) is 32.4 Å². The Morgan fingerprint density at radius 2 is 2.17 bits per heavy atom. The minimum Gasteiger partial charge on any atom is -0.344 e. The second-order valence-corrected chi connectivity index (χ2v) is 5.13. The Morgan fingerprint density at radius 3 is 2.89 bits per heavy atom. The first-order valence-electron chi connectivity index (χ1n) is 6.30. The number of rotatable bonds is 2. The number of nitrogens with one attached hydrogen (secondary N) is 2. The van der Waals surface area contributed by atoms with Gasteiger partial charge in [0.05, 0.1) is 16.8 Å². The van der Waals surface area contributed by atoms with E-state index in [0.717, 1.165) is 40.8 Å². The van der Waals surface area contributed by atoms with E-state index in [1.165, 1.54) is 6.42 Å². The number of imidazole rings is 1. The average molecular weight is 262 g/mol. The maximum Gasteiger partial charge on any atom is 0.124 e. The van der Waals surface area contributed by atoms with Gasteiger partial charge in [0.15, 0.2) is 0 Å². The van der Waals surface area contributed by atoms with Crippen molar-refractivity contribution in [3.8, 4) is 11.3 Å². The third-order valence-electron chi connectivity index (χ3n) is 3.42. The van der Waals surface area contributed by atoms with Crippen LogP contribution in [0.15, 0.2) is 24.3 Å². The smallest absolute Gasteiger partial charge is 0.124 e. The van der Waals surface area contributed by atoms with Crippen LogP contribution in [0.1, 0.15) is 30.4 Å². The van der Waals surface area contributed by atoms with Crippen molar-refractivity contribution in [2.45, 2.75) is 25.8 Å². The number of hydrogen-bond acceptors (Lipinski definition) is 2. The third kappa shape index (κ3) is 2.04. The highest BCUT2D eigenvalue weighted by Crippen LogP contribution is 2.30. The lowest BCUT2D eigenvalue weighted by molar-refractivity contribution is 0.612. The fourth-order valence-corrected chi connectivity index (χ4v) is 2.71. The molecule has 1 aromatic heterocycles. The van der Waals surface area contributed by atoms with Crippen LogP contribution < -0.4 is 5.32 Å². The second kappa shape index (κ2) is 4.75. The lowest BCUT2D eigenvalue weighted by Crippen LogP contribution is -2.14. The molecule has 1 atom stereocenters. The summed E-state index contributed by atoms with van der Waals surface area (Å²) in [6.45, 7) is 3.12. The lowest BCUT2D eigenvalue weighted by Gasteiger charge is -2.05. The number of aryl methyl sites for hydroxylation is 1. The average Bonchev–Trinajstić information content (AvgIpc) is 2.99. The second-order valence-electron chi connectivity index (χ2n) is 4.72. The molecule has 18 heavy (non-hydrogen) atoms. The number of aromatic amines is 1. The van der Waals surface area contributed by atoms with Gasteiger partial charge in [0.25, 0.3) is 0 Å². The SMILES string of the molecule is Cc1[nH]c(C2CCCN2)nc1-c1ccccc1Cl. The van der Waals surface area contributed by atoms with Crippen LogP contribution in [0.4, 0.5) is 0 Å². The number of halogens is 1. The van der Waals surface area contributed by atoms with Gasteiger partial charge >= 0.3 is 0 Å². The van der Waals surface area contributed by atoms with Crippen molar-refractivity contribution >= 4 is 11.6 Å². The fourth-order valence-electron chi connectivity index (χ4n) is 2.48. The Morgan fingerprint density at radius 1 is 1.33 bits per heavy atom. The molecule has 0 amide bonds. The van der Waals surface area contributed by atoms with Gasteiger partial charge in [0, 0.05) is 11.3 Å². The minimum absolute atomic E-state index is 0.361. The molecule has 94 valence electrons. The summed E-state index contributed by atoms with van der Waals surface area (Å²) in [5.74, 6) is 1.03. The molecule has 3 rings (SSSR count). The molecule has 1 aliphatic rings. The predicted molar refractivity (Wildman–Crippen MR) is 73.7 cm³/mol. The van der Waals surface area contributed by atoms with Crippen molar-refractivity contribution in [1.29, 1.82) is 0 Å². The van der Waals surface area contributed by atoms with Crippen molar-refractivity contribution in [3.05, 3.63) is 40.8 Å². The van der Waals surface area contributed by atoms with Gasteiger partial charge in [0.2, 0.25) is 0 Å². The van der Waals surface area contributed by atoms with Crippen LogP contribution in [0, 0.1) is 6.92 Å². The fraction of sp³-hybridized carbons (Fsp3) is 0.357. The highest BCUT2D eigenvalue weighted by atomic mass is 35.5. The summed E-state index contributed by atoms with van der Waals surface area (Å²) in [6, 6.07) is 8.20. The molecule has 2 heterocycles. The highest BCUT2D eigenvalue weighted by molar-refractivity contribution is 6.33. The molecular weight excluding hydrogens is 246 g/mol. The summed E-state index contributed by atoms with van der Waals surface area (Å²) in [5, 5.41) is 4.20. The largest absolute Gasteiger partial charge is 0.344 e. The molecule has 1 aromatic carbocycles. The summed E-state index contributed by atoms with van der Waals surface area (Å²) >= 11 is 6.23. The van der Waals surface area contributed by atoms with Crippen LogP contribution in [0.5, 0.6) is 0 Å². The molecule has 0 bridgehead atoms. The number of nitrogens with zero attached hydrogens (tertiary/aromatic N) is 1. The van der Waals surface area contributed by atoms with Crippen LogP contribution in [-0.4, -0.2) is 16.5 Å². The summed E-state index contributed by atoms with van der Waals surface area (Å²) in [7, 11) is 0. The van der Waals surface area contributed by atoms with Gasteiger partial charge in [-0.25, -0.2) is 4.98 Å². The zero-order valence-corrected chi connectivity index (χ0v) is 11.1. The van der Waals surface area contributed by atoms with Gasteiger partial charge in [-0.15, -0.1) is 0 Å². The number of H-pyrrole nitrogens is 1. The van der Waals surface area contributed by atoms with E-state index in [0.29, 0.717) is 6.04 Å². The summed E-state index contributed by atoms with van der Waals surface area (Å²) < 4.78 is 0. The third-order valence-corrected chi connectivity index (χ3v) is 3.75. The zero-order valence-electron chi connectivity index (χ0n) is 10.3. The Kier molecular flexibility index (Phi) is 3.10. The molecule has 1 fully saturated rings. The van der Waals surface area contributed by atoms with E-state index < -0.39 is 0 Å². The normalized spacial score (nSPS) is 19.3. The topological polar surface area (TPSA) is 40.7 Å². The van der Waals surface area contributed by atoms with E-state index in [1.54, 1.807) is 0 Å². The van der Waals surface area contributed by atoms with Gasteiger partial charge in [-0.3, -0.25) is 0 Å². The van der Waals surface area contributed by atoms with Crippen molar-refractivity contribution in [3.63, 3.8) is 0 Å². The minimum atomic E-state index is 0.361. The Hall–Kier alpha value is -1.32. The number of hydrogen-bond donors (Lipinski definition) is 2. The molecule has 0 spiro atoms. The maximum atomic E-state index is 6.23. The van der Waals surface area contributed by atoms with Gasteiger partial charge < -0.3 is 10.3 Å². The van der Waals surface area contributed by atoms with Crippen LogP contribution >= 0.6 is 11.6 Å². The molecule has 4 heteroatoms. The van der Waals surface area contributed by atoms with E-state index in [9.17, 15) is 0 Å². The van der Waals surface area contributed by atoms with E-state index in [2.05, 4.69) is 10.3 Å². The number of benzene rings is 1. The van der Waals surface area contributed by atoms with E-state index in [-0.39, 0.29) is 0 Å². The first-order valence-corrected chi connectivity index (χ1v) is 6.68. The maximum absolute atomic E-state index is 6.23. The van der Waals surface area contributed by atoms with Crippen LogP contribution in [0.3, 0.4) is 0 Å². The molecule has 1 unspecified atom stereocenters. The number of aromatic nitrogens is 2. The van der Waals surface area contributed by atoms with Crippen LogP contribution in [-0.2, 0) is 0 Å². The van der Waals surface area contributed by atoms with Crippen molar-refractivity contribution < 1.29 is 0 Å². The van der Waals surface area contributed by atoms with Crippen LogP contribution in [0.25, 0.3) is 11.3 Å². The zero-order chi connectivity index (χ0) is 12.5. The summed E-state index contributed by atoms with van der Waals surface area (Å²) in [6.07, 6.45) is 2.36. The standard InChI is InChI=1S/C14H16ClN3/c1-9-13(10-5-2-3-6-11(10)15)18-14(17-9)12-7-4-8-16-12/h2-3,5-6,12,16H,4,7-8H2,1H3,(H,17,18). The highest BCUT2D eigenvalue weighted by Gasteiger charge is 2.21. The summed E-state index contributed by atoms with van der Waals surface area (Å²) in [5.41, 5.74) is 3.04. The lowest BCUT2D eigenvalue weighted by atomic mass is 10.1. The van der Waals surface area contributed by atoms with Crippen molar-refractivity contribution in [1.82, 2.24) is 15.3 Å². The molecule has 3 nitrogen and oxygen atoms in total. The molecule has 0 radical (unpaired) electrons.